The van der Waals surface area contributed by atoms with E-state index < -0.39 is 0 Å². The number of hydrazine groups is 2. The Labute approximate surface area is 76.3 Å². The van der Waals surface area contributed by atoms with Crippen LogP contribution in [0.2, 0.25) is 0 Å². The van der Waals surface area contributed by atoms with Crippen LogP contribution in [-0.2, 0) is 4.79 Å². The zero-order valence-electron chi connectivity index (χ0n) is 7.03. The number of rotatable bonds is 2. The molecule has 2 rings (SSSR count). The van der Waals surface area contributed by atoms with Gasteiger partial charge in [0.2, 0.25) is 0 Å². The molecular weight excluding hydrogens is 166 g/mol. The molecule has 4 nitrogen and oxygen atoms in total. The summed E-state index contributed by atoms with van der Waals surface area (Å²) >= 11 is 0. The van der Waals surface area contributed by atoms with Gasteiger partial charge in [-0.1, -0.05) is 30.3 Å². The molecule has 0 aromatic heterocycles. The van der Waals surface area contributed by atoms with Gasteiger partial charge in [0.05, 0.1) is 12.1 Å². The Balaban J connectivity index is 2.21. The molecule has 2 atom stereocenters. The minimum Gasteiger partial charge on any atom is -0.301 e. The molecule has 1 aliphatic heterocycles. The van der Waals surface area contributed by atoms with Crippen LogP contribution in [0, 0.1) is 0 Å². The topological polar surface area (TPSA) is 53.2 Å². The molecule has 1 aliphatic rings. The Bertz CT molecular complexity index is 288. The van der Waals surface area contributed by atoms with Crippen LogP contribution < -0.4 is 16.4 Å². The summed E-state index contributed by atoms with van der Waals surface area (Å²) in [5.41, 5.74) is 9.64. The lowest BCUT2D eigenvalue weighted by molar-refractivity contribution is -0.109. The van der Waals surface area contributed by atoms with E-state index in [1.54, 1.807) is 0 Å². The fourth-order valence-corrected chi connectivity index (χ4v) is 1.44. The van der Waals surface area contributed by atoms with E-state index in [1.807, 2.05) is 30.3 Å². The second kappa shape index (κ2) is 3.66. The average molecular weight is 177 g/mol. The van der Waals surface area contributed by atoms with Crippen LogP contribution in [0.25, 0.3) is 0 Å². The van der Waals surface area contributed by atoms with Gasteiger partial charge in [-0.3, -0.25) is 0 Å². The summed E-state index contributed by atoms with van der Waals surface area (Å²) in [5, 5.41) is 0. The maximum Gasteiger partial charge on any atom is 0.140 e. The Kier molecular flexibility index (Phi) is 2.35. The minimum absolute atomic E-state index is 0.0127. The third-order valence-electron chi connectivity index (χ3n) is 2.13. The van der Waals surface area contributed by atoms with Gasteiger partial charge >= 0.3 is 0 Å². The number of aldehydes is 1. The first-order valence-corrected chi connectivity index (χ1v) is 4.18. The Hall–Kier alpha value is -1.23. The maximum absolute atomic E-state index is 10.6. The molecule has 0 bridgehead atoms. The van der Waals surface area contributed by atoms with Gasteiger partial charge in [0, 0.05) is 0 Å². The largest absolute Gasteiger partial charge is 0.301 e. The molecule has 1 heterocycles. The first kappa shape index (κ1) is 8.37. The SMILES string of the molecule is O=CC1NNNC1c1ccccc1. The highest BCUT2D eigenvalue weighted by molar-refractivity contribution is 5.60. The number of benzene rings is 1. The average Bonchev–Trinajstić information content (AvgIpc) is 2.67. The number of hydrogen-bond acceptors (Lipinski definition) is 4. The molecule has 0 radical (unpaired) electrons. The smallest absolute Gasteiger partial charge is 0.140 e. The summed E-state index contributed by atoms with van der Waals surface area (Å²) in [7, 11) is 0. The van der Waals surface area contributed by atoms with Crippen molar-refractivity contribution in [1.29, 1.82) is 0 Å². The van der Waals surface area contributed by atoms with Crippen molar-refractivity contribution in [3.8, 4) is 0 Å². The van der Waals surface area contributed by atoms with Gasteiger partial charge in [0.1, 0.15) is 6.29 Å². The van der Waals surface area contributed by atoms with E-state index in [0.717, 1.165) is 11.8 Å². The fraction of sp³-hybridized carbons (Fsp3) is 0.222. The maximum atomic E-state index is 10.6. The van der Waals surface area contributed by atoms with E-state index >= 15 is 0 Å². The Morgan fingerprint density at radius 3 is 2.62 bits per heavy atom. The first-order chi connectivity index (χ1) is 6.42. The van der Waals surface area contributed by atoms with Gasteiger partial charge in [-0.15, -0.1) is 0 Å². The van der Waals surface area contributed by atoms with Crippen molar-refractivity contribution in [3.63, 3.8) is 0 Å². The fourth-order valence-electron chi connectivity index (χ4n) is 1.44. The lowest BCUT2D eigenvalue weighted by Crippen LogP contribution is -2.33. The van der Waals surface area contributed by atoms with E-state index in [2.05, 4.69) is 16.4 Å². The lowest BCUT2D eigenvalue weighted by atomic mass is 10.0. The molecule has 2 unspecified atom stereocenters. The van der Waals surface area contributed by atoms with E-state index in [-0.39, 0.29) is 12.1 Å². The van der Waals surface area contributed by atoms with E-state index in [9.17, 15) is 4.79 Å². The summed E-state index contributed by atoms with van der Waals surface area (Å²) in [5.74, 6) is 0. The van der Waals surface area contributed by atoms with E-state index in [0.29, 0.717) is 0 Å². The molecule has 4 heteroatoms. The van der Waals surface area contributed by atoms with Crippen molar-refractivity contribution in [1.82, 2.24) is 16.4 Å². The molecule has 1 aromatic rings. The zero-order chi connectivity index (χ0) is 9.10. The highest BCUT2D eigenvalue weighted by Crippen LogP contribution is 2.16. The number of carbonyl (C=O) groups is 1. The van der Waals surface area contributed by atoms with Crippen molar-refractivity contribution in [2.75, 3.05) is 0 Å². The van der Waals surface area contributed by atoms with Gasteiger partial charge < -0.3 is 4.79 Å². The van der Waals surface area contributed by atoms with Gasteiger partial charge in [0.15, 0.2) is 0 Å². The van der Waals surface area contributed by atoms with Crippen molar-refractivity contribution < 1.29 is 4.79 Å². The van der Waals surface area contributed by atoms with Crippen LogP contribution in [0.4, 0.5) is 0 Å². The second-order valence-electron chi connectivity index (χ2n) is 2.96. The van der Waals surface area contributed by atoms with Crippen LogP contribution >= 0.6 is 0 Å². The first-order valence-electron chi connectivity index (χ1n) is 4.18. The third-order valence-corrected chi connectivity index (χ3v) is 2.13. The minimum atomic E-state index is -0.206. The number of carbonyl (C=O) groups excluding carboxylic acids is 1. The van der Waals surface area contributed by atoms with Crippen LogP contribution in [0.5, 0.6) is 0 Å². The summed E-state index contributed by atoms with van der Waals surface area (Å²) in [6, 6.07) is 9.65. The van der Waals surface area contributed by atoms with Crippen LogP contribution in [0.1, 0.15) is 11.6 Å². The monoisotopic (exact) mass is 177 g/mol. The molecule has 1 saturated heterocycles. The standard InChI is InChI=1S/C9H11N3O/c13-6-8-9(11-12-10-8)7-4-2-1-3-5-7/h1-6,8-12H. The van der Waals surface area contributed by atoms with Crippen molar-refractivity contribution >= 4 is 6.29 Å². The second-order valence-corrected chi connectivity index (χ2v) is 2.96. The van der Waals surface area contributed by atoms with Gasteiger partial charge in [-0.25, -0.2) is 10.9 Å². The summed E-state index contributed by atoms with van der Waals surface area (Å²) in [6.45, 7) is 0. The van der Waals surface area contributed by atoms with Crippen molar-refractivity contribution in [2.24, 2.45) is 0 Å². The molecule has 1 aromatic carbocycles. The predicted octanol–water partition coefficient (Wildman–Crippen LogP) is -0.0924. The molecule has 1 fully saturated rings. The summed E-state index contributed by atoms with van der Waals surface area (Å²) in [4.78, 5) is 10.6. The number of hydrogen-bond donors (Lipinski definition) is 3. The Morgan fingerprint density at radius 2 is 1.92 bits per heavy atom. The molecule has 0 saturated carbocycles. The van der Waals surface area contributed by atoms with E-state index in [1.165, 1.54) is 0 Å². The van der Waals surface area contributed by atoms with Crippen molar-refractivity contribution in [3.05, 3.63) is 35.9 Å². The molecule has 13 heavy (non-hydrogen) atoms. The summed E-state index contributed by atoms with van der Waals surface area (Å²) < 4.78 is 0. The molecular formula is C9H11N3O. The number of nitrogens with one attached hydrogen (secondary N) is 3. The molecule has 68 valence electrons. The molecule has 0 amide bonds. The Morgan fingerprint density at radius 1 is 1.15 bits per heavy atom. The van der Waals surface area contributed by atoms with Crippen molar-refractivity contribution in [2.45, 2.75) is 12.1 Å². The highest BCUT2D eigenvalue weighted by Gasteiger charge is 2.26. The molecule has 0 spiro atoms. The quantitative estimate of drug-likeness (QED) is 0.552. The molecule has 3 N–H and O–H groups in total. The van der Waals surface area contributed by atoms with E-state index in [4.69, 9.17) is 0 Å². The van der Waals surface area contributed by atoms with Gasteiger partial charge in [-0.2, -0.15) is 5.53 Å². The normalized spacial score (nSPS) is 27.4. The molecule has 0 aliphatic carbocycles. The van der Waals surface area contributed by atoms with Crippen LogP contribution in [0.3, 0.4) is 0 Å². The van der Waals surface area contributed by atoms with Gasteiger partial charge in [0.25, 0.3) is 0 Å². The van der Waals surface area contributed by atoms with Crippen LogP contribution in [-0.4, -0.2) is 12.3 Å². The lowest BCUT2D eigenvalue weighted by Gasteiger charge is -2.12. The van der Waals surface area contributed by atoms with Gasteiger partial charge in [-0.05, 0) is 5.56 Å². The summed E-state index contributed by atoms with van der Waals surface area (Å²) in [6.07, 6.45) is 0.894. The third kappa shape index (κ3) is 1.60. The predicted molar refractivity (Wildman–Crippen MR) is 48.4 cm³/mol. The zero-order valence-corrected chi connectivity index (χ0v) is 7.03. The highest BCUT2D eigenvalue weighted by atomic mass is 16.1. The van der Waals surface area contributed by atoms with Crippen LogP contribution in [0.15, 0.2) is 30.3 Å².